The van der Waals surface area contributed by atoms with E-state index in [9.17, 15) is 28.2 Å². The van der Waals surface area contributed by atoms with Crippen LogP contribution in [0.4, 0.5) is 0 Å². The number of benzene rings is 1. The van der Waals surface area contributed by atoms with Gasteiger partial charge in [-0.25, -0.2) is 18.0 Å². The van der Waals surface area contributed by atoms with Crippen molar-refractivity contribution in [1.29, 1.82) is 0 Å². The van der Waals surface area contributed by atoms with Gasteiger partial charge < -0.3 is 14.9 Å². The first kappa shape index (κ1) is 19.9. The van der Waals surface area contributed by atoms with Gasteiger partial charge in [-0.05, 0) is 24.3 Å². The second-order valence-corrected chi connectivity index (χ2v) is 9.61. The van der Waals surface area contributed by atoms with Crippen LogP contribution in [-0.4, -0.2) is 62.6 Å². The molecule has 0 unspecified atom stereocenters. The van der Waals surface area contributed by atoms with Crippen LogP contribution in [0.5, 0.6) is 0 Å². The van der Waals surface area contributed by atoms with Gasteiger partial charge in [0, 0.05) is 24.3 Å². The molecular weight excluding hydrogens is 428 g/mol. The van der Waals surface area contributed by atoms with Gasteiger partial charge in [-0.1, -0.05) is 0 Å². The zero-order valence-electron chi connectivity index (χ0n) is 16.2. The standard InChI is InChI=1S/C19H18N4O7S/c1-31(28,29)10-2-3-12-9(4-10)5-13-11-7-22(16-6-14(25)15(8-24)30-16)18(26)20-17(11)21-19(27)23(12)13/h2-5,7,14-16,24-25H,6,8H2,1H3,(H,20,21,26,27)/t14-,15+,16+/m0/s1. The van der Waals surface area contributed by atoms with E-state index < -0.39 is 46.3 Å². The summed E-state index contributed by atoms with van der Waals surface area (Å²) in [6.07, 6.45) is 0.101. The Morgan fingerprint density at radius 1 is 1.26 bits per heavy atom. The van der Waals surface area contributed by atoms with Gasteiger partial charge in [0.05, 0.1) is 34.0 Å². The van der Waals surface area contributed by atoms with Crippen LogP contribution in [0.3, 0.4) is 0 Å². The number of hydrogen-bond acceptors (Lipinski definition) is 8. The third kappa shape index (κ3) is 3.07. The Kier molecular flexibility index (Phi) is 4.31. The molecule has 162 valence electrons. The molecule has 0 bridgehead atoms. The molecule has 3 aromatic heterocycles. The van der Waals surface area contributed by atoms with Gasteiger partial charge in [0.2, 0.25) is 0 Å². The fourth-order valence-corrected chi connectivity index (χ4v) is 4.66. The summed E-state index contributed by atoms with van der Waals surface area (Å²) in [6, 6.07) is 6.11. The first-order chi connectivity index (χ1) is 14.7. The first-order valence-electron chi connectivity index (χ1n) is 9.42. The number of aromatic amines is 1. The maximum atomic E-state index is 12.7. The van der Waals surface area contributed by atoms with E-state index in [4.69, 9.17) is 4.74 Å². The Bertz CT molecular complexity index is 1580. The molecule has 31 heavy (non-hydrogen) atoms. The summed E-state index contributed by atoms with van der Waals surface area (Å²) in [7, 11) is -3.43. The summed E-state index contributed by atoms with van der Waals surface area (Å²) < 4.78 is 32.0. The predicted molar refractivity (Wildman–Crippen MR) is 110 cm³/mol. The zero-order chi connectivity index (χ0) is 22.1. The zero-order valence-corrected chi connectivity index (χ0v) is 17.0. The number of aromatic nitrogens is 4. The number of nitrogens with one attached hydrogen (secondary N) is 1. The largest absolute Gasteiger partial charge is 0.394 e. The van der Waals surface area contributed by atoms with Gasteiger partial charge in [-0.2, -0.15) is 4.98 Å². The average molecular weight is 446 g/mol. The van der Waals surface area contributed by atoms with E-state index in [1.54, 1.807) is 12.1 Å². The fraction of sp³-hybridized carbons (Fsp3) is 0.316. The highest BCUT2D eigenvalue weighted by Gasteiger charge is 2.35. The van der Waals surface area contributed by atoms with E-state index >= 15 is 0 Å². The van der Waals surface area contributed by atoms with Crippen LogP contribution in [0.2, 0.25) is 0 Å². The summed E-state index contributed by atoms with van der Waals surface area (Å²) in [5, 5.41) is 20.3. The minimum atomic E-state index is -3.43. The molecule has 0 radical (unpaired) electrons. The Balaban J connectivity index is 1.78. The maximum Gasteiger partial charge on any atom is 0.351 e. The summed E-state index contributed by atoms with van der Waals surface area (Å²) in [6.45, 7) is -0.391. The normalized spacial score (nSPS) is 22.1. The maximum absolute atomic E-state index is 12.7. The minimum Gasteiger partial charge on any atom is -0.394 e. The van der Waals surface area contributed by atoms with Crippen LogP contribution >= 0.6 is 0 Å². The molecular formula is C19H18N4O7S. The quantitative estimate of drug-likeness (QED) is 0.382. The molecule has 1 saturated heterocycles. The third-order valence-corrected chi connectivity index (χ3v) is 6.66. The summed E-state index contributed by atoms with van der Waals surface area (Å²) in [5.74, 6) is 0. The molecule has 0 spiro atoms. The van der Waals surface area contributed by atoms with E-state index in [0.29, 0.717) is 21.8 Å². The van der Waals surface area contributed by atoms with E-state index in [0.717, 1.165) is 6.26 Å². The highest BCUT2D eigenvalue weighted by Crippen LogP contribution is 2.29. The molecule has 1 fully saturated rings. The molecule has 5 rings (SSSR count). The van der Waals surface area contributed by atoms with Crippen LogP contribution in [0.1, 0.15) is 12.6 Å². The first-order valence-corrected chi connectivity index (χ1v) is 11.3. The lowest BCUT2D eigenvalue weighted by Crippen LogP contribution is -2.29. The number of sulfone groups is 1. The molecule has 11 nitrogen and oxygen atoms in total. The molecule has 12 heteroatoms. The van der Waals surface area contributed by atoms with Crippen LogP contribution < -0.4 is 11.4 Å². The summed E-state index contributed by atoms with van der Waals surface area (Å²) >= 11 is 0. The van der Waals surface area contributed by atoms with E-state index in [-0.39, 0.29) is 17.0 Å². The molecule has 1 aliphatic rings. The summed E-state index contributed by atoms with van der Waals surface area (Å²) in [5.41, 5.74) is -0.211. The minimum absolute atomic E-state index is 0.0714. The van der Waals surface area contributed by atoms with E-state index in [1.807, 2.05) is 0 Å². The molecule has 0 amide bonds. The van der Waals surface area contributed by atoms with Crippen molar-refractivity contribution in [3.8, 4) is 0 Å². The molecule has 0 saturated carbocycles. The van der Waals surface area contributed by atoms with Gasteiger partial charge in [-0.15, -0.1) is 0 Å². The number of aliphatic hydroxyl groups is 2. The lowest BCUT2D eigenvalue weighted by Gasteiger charge is -2.15. The molecule has 1 aliphatic heterocycles. The molecule has 3 atom stereocenters. The number of ether oxygens (including phenoxy) is 1. The second-order valence-electron chi connectivity index (χ2n) is 7.60. The van der Waals surface area contributed by atoms with Crippen molar-refractivity contribution in [1.82, 2.24) is 18.9 Å². The van der Waals surface area contributed by atoms with Crippen molar-refractivity contribution in [3.63, 3.8) is 0 Å². The average Bonchev–Trinajstić information content (AvgIpc) is 3.27. The van der Waals surface area contributed by atoms with Crippen molar-refractivity contribution in [2.75, 3.05) is 12.9 Å². The van der Waals surface area contributed by atoms with Crippen molar-refractivity contribution < 1.29 is 23.4 Å². The number of H-pyrrole nitrogens is 1. The number of rotatable bonds is 3. The molecule has 1 aromatic carbocycles. The highest BCUT2D eigenvalue weighted by atomic mass is 32.2. The van der Waals surface area contributed by atoms with Crippen molar-refractivity contribution >= 4 is 37.3 Å². The summed E-state index contributed by atoms with van der Waals surface area (Å²) in [4.78, 5) is 31.9. The van der Waals surface area contributed by atoms with Crippen molar-refractivity contribution in [2.45, 2.75) is 29.8 Å². The van der Waals surface area contributed by atoms with Gasteiger partial charge in [0.1, 0.15) is 12.3 Å². The number of aliphatic hydroxyl groups excluding tert-OH is 2. The molecule has 4 heterocycles. The monoisotopic (exact) mass is 446 g/mol. The van der Waals surface area contributed by atoms with Gasteiger partial charge in [-0.3, -0.25) is 14.0 Å². The Morgan fingerprint density at radius 3 is 2.71 bits per heavy atom. The fourth-order valence-electron chi connectivity index (χ4n) is 4.01. The predicted octanol–water partition coefficient (Wildman–Crippen LogP) is -0.465. The van der Waals surface area contributed by atoms with Crippen LogP contribution in [0.25, 0.3) is 27.5 Å². The third-order valence-electron chi connectivity index (χ3n) is 5.55. The number of nitrogens with zero attached hydrogens (tertiary/aromatic N) is 3. The van der Waals surface area contributed by atoms with Gasteiger partial charge in [0.25, 0.3) is 0 Å². The van der Waals surface area contributed by atoms with Crippen LogP contribution in [-0.2, 0) is 14.6 Å². The van der Waals surface area contributed by atoms with Crippen LogP contribution in [0, 0.1) is 0 Å². The number of fused-ring (bicyclic) bond motifs is 5. The number of hydrogen-bond donors (Lipinski definition) is 3. The van der Waals surface area contributed by atoms with E-state index in [1.165, 1.54) is 27.3 Å². The van der Waals surface area contributed by atoms with Crippen LogP contribution in [0.15, 0.2) is 44.9 Å². The Labute approximate surface area is 174 Å². The second kappa shape index (κ2) is 6.72. The smallest absolute Gasteiger partial charge is 0.351 e. The van der Waals surface area contributed by atoms with Gasteiger partial charge in [0.15, 0.2) is 15.5 Å². The Hall–Kier alpha value is -3.06. The topological polar surface area (TPSA) is 156 Å². The molecule has 4 aromatic rings. The lowest BCUT2D eigenvalue weighted by molar-refractivity contribution is -0.0457. The van der Waals surface area contributed by atoms with E-state index in [2.05, 4.69) is 9.97 Å². The lowest BCUT2D eigenvalue weighted by atomic mass is 10.2. The van der Waals surface area contributed by atoms with Crippen molar-refractivity contribution in [3.05, 3.63) is 51.4 Å². The molecule has 0 aliphatic carbocycles. The Morgan fingerprint density at radius 2 is 2.03 bits per heavy atom. The molecule has 3 N–H and O–H groups in total. The SMILES string of the molecule is CS(=O)(=O)c1ccc2c(c1)cc1c3cn([C@H]4C[C@H](O)[C@@H](CO)O4)c(=O)nc3[nH]c(=O)n21. The van der Waals surface area contributed by atoms with Crippen molar-refractivity contribution in [2.24, 2.45) is 0 Å². The van der Waals surface area contributed by atoms with Gasteiger partial charge >= 0.3 is 11.4 Å². The highest BCUT2D eigenvalue weighted by molar-refractivity contribution is 7.90.